The fourth-order valence-corrected chi connectivity index (χ4v) is 4.29. The van der Waals surface area contributed by atoms with Crippen LogP contribution in [0.25, 0.3) is 0 Å². The molecular weight excluding hydrogens is 358 g/mol. The summed E-state index contributed by atoms with van der Waals surface area (Å²) in [6.07, 6.45) is 3.12. The fourth-order valence-electron chi connectivity index (χ4n) is 4.29. The Labute approximate surface area is 173 Å². The number of rotatable bonds is 5. The first-order valence-corrected chi connectivity index (χ1v) is 10.3. The third-order valence-corrected chi connectivity index (χ3v) is 6.02. The zero-order chi connectivity index (χ0) is 20.4. The summed E-state index contributed by atoms with van der Waals surface area (Å²) in [7, 11) is 2.08. The lowest BCUT2D eigenvalue weighted by Gasteiger charge is -2.36. The first-order chi connectivity index (χ1) is 14.0. The summed E-state index contributed by atoms with van der Waals surface area (Å²) < 4.78 is 2.16. The molecule has 1 N–H and O–H groups in total. The van der Waals surface area contributed by atoms with E-state index in [1.54, 1.807) is 0 Å². The molecule has 1 atom stereocenters. The van der Waals surface area contributed by atoms with E-state index in [-0.39, 0.29) is 11.9 Å². The molecule has 4 rings (SSSR count). The standard InChI is InChI=1S/C25H29N3O/c1-18-10-11-19(2)22(15-18)25(29)26-16-24(23-9-6-13-27(23)3)28-14-12-20-7-4-5-8-21(20)17-28/h4-11,13,15,24H,12,14,16-17H2,1-3H3,(H,26,29). The Morgan fingerprint density at radius 2 is 1.86 bits per heavy atom. The highest BCUT2D eigenvalue weighted by Gasteiger charge is 2.27. The predicted octanol–water partition coefficient (Wildman–Crippen LogP) is 4.17. The number of amides is 1. The zero-order valence-corrected chi connectivity index (χ0v) is 17.5. The molecule has 0 bridgehead atoms. The maximum absolute atomic E-state index is 12.9. The van der Waals surface area contributed by atoms with Gasteiger partial charge in [0.1, 0.15) is 0 Å². The number of nitrogens with one attached hydrogen (secondary N) is 1. The minimum atomic E-state index is 0.00261. The molecule has 4 nitrogen and oxygen atoms in total. The lowest BCUT2D eigenvalue weighted by molar-refractivity contribution is 0.0924. The number of fused-ring (bicyclic) bond motifs is 1. The molecular formula is C25H29N3O. The molecule has 1 unspecified atom stereocenters. The van der Waals surface area contributed by atoms with E-state index in [4.69, 9.17) is 0 Å². The van der Waals surface area contributed by atoms with Crippen LogP contribution in [0.3, 0.4) is 0 Å². The Balaban J connectivity index is 1.55. The quantitative estimate of drug-likeness (QED) is 0.713. The molecule has 2 heterocycles. The zero-order valence-electron chi connectivity index (χ0n) is 17.5. The minimum Gasteiger partial charge on any atom is -0.353 e. The van der Waals surface area contributed by atoms with Gasteiger partial charge in [0, 0.05) is 44.1 Å². The fraction of sp³-hybridized carbons (Fsp3) is 0.320. The topological polar surface area (TPSA) is 37.3 Å². The van der Waals surface area contributed by atoms with E-state index in [9.17, 15) is 4.79 Å². The Morgan fingerprint density at radius 3 is 2.62 bits per heavy atom. The van der Waals surface area contributed by atoms with Crippen molar-refractivity contribution in [3.63, 3.8) is 0 Å². The first-order valence-electron chi connectivity index (χ1n) is 10.3. The van der Waals surface area contributed by atoms with Gasteiger partial charge in [0.15, 0.2) is 0 Å². The maximum Gasteiger partial charge on any atom is 0.251 e. The van der Waals surface area contributed by atoms with Gasteiger partial charge in [-0.3, -0.25) is 9.69 Å². The second kappa shape index (κ2) is 8.26. The number of benzene rings is 2. The van der Waals surface area contributed by atoms with Gasteiger partial charge in [-0.25, -0.2) is 0 Å². The van der Waals surface area contributed by atoms with Crippen LogP contribution in [-0.2, 0) is 20.0 Å². The molecule has 4 heteroatoms. The average molecular weight is 388 g/mol. The summed E-state index contributed by atoms with van der Waals surface area (Å²) in [5.41, 5.74) is 6.93. The Hall–Kier alpha value is -2.85. The highest BCUT2D eigenvalue weighted by atomic mass is 16.1. The lowest BCUT2D eigenvalue weighted by atomic mass is 9.97. The van der Waals surface area contributed by atoms with Crippen LogP contribution in [0.4, 0.5) is 0 Å². The molecule has 2 aromatic carbocycles. The van der Waals surface area contributed by atoms with Crippen molar-refractivity contribution >= 4 is 5.91 Å². The smallest absolute Gasteiger partial charge is 0.251 e. The number of hydrogen-bond acceptors (Lipinski definition) is 2. The second-order valence-electron chi connectivity index (χ2n) is 8.08. The average Bonchev–Trinajstić information content (AvgIpc) is 3.15. The Bertz CT molecular complexity index is 1020. The third kappa shape index (κ3) is 4.13. The molecule has 1 aromatic heterocycles. The minimum absolute atomic E-state index is 0.00261. The Morgan fingerprint density at radius 1 is 1.07 bits per heavy atom. The molecule has 1 aliphatic heterocycles. The van der Waals surface area contributed by atoms with Crippen LogP contribution in [-0.4, -0.2) is 28.5 Å². The van der Waals surface area contributed by atoms with Crippen molar-refractivity contribution < 1.29 is 4.79 Å². The van der Waals surface area contributed by atoms with E-state index in [0.29, 0.717) is 6.54 Å². The van der Waals surface area contributed by atoms with Crippen molar-refractivity contribution in [1.29, 1.82) is 0 Å². The third-order valence-electron chi connectivity index (χ3n) is 6.02. The maximum atomic E-state index is 12.9. The van der Waals surface area contributed by atoms with Crippen molar-refractivity contribution in [2.45, 2.75) is 32.9 Å². The monoisotopic (exact) mass is 387 g/mol. The van der Waals surface area contributed by atoms with Crippen molar-refractivity contribution in [3.05, 3.63) is 94.3 Å². The van der Waals surface area contributed by atoms with Gasteiger partial charge >= 0.3 is 0 Å². The van der Waals surface area contributed by atoms with Gasteiger partial charge < -0.3 is 9.88 Å². The van der Waals surface area contributed by atoms with Gasteiger partial charge in [-0.05, 0) is 55.2 Å². The molecule has 0 fully saturated rings. The highest BCUT2D eigenvalue weighted by Crippen LogP contribution is 2.28. The molecule has 0 saturated carbocycles. The Kier molecular flexibility index (Phi) is 5.54. The van der Waals surface area contributed by atoms with Crippen molar-refractivity contribution in [2.75, 3.05) is 13.1 Å². The summed E-state index contributed by atoms with van der Waals surface area (Å²) in [6, 6.07) is 19.1. The molecule has 0 aliphatic carbocycles. The second-order valence-corrected chi connectivity index (χ2v) is 8.08. The van der Waals surface area contributed by atoms with Crippen molar-refractivity contribution in [2.24, 2.45) is 7.05 Å². The highest BCUT2D eigenvalue weighted by molar-refractivity contribution is 5.95. The summed E-state index contributed by atoms with van der Waals surface area (Å²) in [4.78, 5) is 15.4. The molecule has 3 aromatic rings. The number of nitrogens with zero attached hydrogens (tertiary/aromatic N) is 2. The number of carbonyl (C=O) groups is 1. The van der Waals surface area contributed by atoms with E-state index in [0.717, 1.165) is 36.2 Å². The first kappa shape index (κ1) is 19.5. The van der Waals surface area contributed by atoms with E-state index in [1.807, 2.05) is 32.0 Å². The van der Waals surface area contributed by atoms with E-state index >= 15 is 0 Å². The van der Waals surface area contributed by atoms with Gasteiger partial charge in [-0.2, -0.15) is 0 Å². The number of hydrogen-bond donors (Lipinski definition) is 1. The van der Waals surface area contributed by atoms with Crippen LogP contribution in [0.1, 0.15) is 44.3 Å². The summed E-state index contributed by atoms with van der Waals surface area (Å²) >= 11 is 0. The number of aryl methyl sites for hydroxylation is 3. The molecule has 0 radical (unpaired) electrons. The molecule has 1 aliphatic rings. The van der Waals surface area contributed by atoms with E-state index < -0.39 is 0 Å². The molecule has 150 valence electrons. The number of carbonyl (C=O) groups excluding carboxylic acids is 1. The lowest BCUT2D eigenvalue weighted by Crippen LogP contribution is -2.41. The van der Waals surface area contributed by atoms with Crippen LogP contribution in [0.5, 0.6) is 0 Å². The van der Waals surface area contributed by atoms with Gasteiger partial charge in [0.05, 0.1) is 6.04 Å². The summed E-state index contributed by atoms with van der Waals surface area (Å²) in [5, 5.41) is 3.21. The van der Waals surface area contributed by atoms with Gasteiger partial charge in [-0.15, -0.1) is 0 Å². The normalized spacial score (nSPS) is 15.0. The summed E-state index contributed by atoms with van der Waals surface area (Å²) in [5.74, 6) is 0.00261. The van der Waals surface area contributed by atoms with E-state index in [2.05, 4.69) is 64.4 Å². The number of aromatic nitrogens is 1. The molecule has 1 amide bonds. The van der Waals surface area contributed by atoms with Crippen molar-refractivity contribution in [3.8, 4) is 0 Å². The van der Waals surface area contributed by atoms with Crippen LogP contribution in [0, 0.1) is 13.8 Å². The van der Waals surface area contributed by atoms with Crippen LogP contribution in [0.2, 0.25) is 0 Å². The van der Waals surface area contributed by atoms with Crippen LogP contribution < -0.4 is 5.32 Å². The largest absolute Gasteiger partial charge is 0.353 e. The molecule has 0 spiro atoms. The SMILES string of the molecule is Cc1ccc(C)c(C(=O)NCC(c2cccn2C)N2CCc3ccccc3C2)c1. The van der Waals surface area contributed by atoms with Crippen LogP contribution in [0.15, 0.2) is 60.8 Å². The van der Waals surface area contributed by atoms with Gasteiger partial charge in [0.25, 0.3) is 5.91 Å². The van der Waals surface area contributed by atoms with Crippen LogP contribution >= 0.6 is 0 Å². The van der Waals surface area contributed by atoms with Crippen molar-refractivity contribution in [1.82, 2.24) is 14.8 Å². The predicted molar refractivity (Wildman–Crippen MR) is 117 cm³/mol. The van der Waals surface area contributed by atoms with Gasteiger partial charge in [0.2, 0.25) is 0 Å². The molecule has 0 saturated heterocycles. The van der Waals surface area contributed by atoms with E-state index in [1.165, 1.54) is 16.8 Å². The van der Waals surface area contributed by atoms with Gasteiger partial charge in [-0.1, -0.05) is 42.0 Å². The molecule has 29 heavy (non-hydrogen) atoms. The summed E-state index contributed by atoms with van der Waals surface area (Å²) in [6.45, 7) is 6.50.